The van der Waals surface area contributed by atoms with E-state index in [0.29, 0.717) is 12.5 Å². The Balaban J connectivity index is 1.59. The molecule has 0 bridgehead atoms. The highest BCUT2D eigenvalue weighted by atomic mass is 32.1. The number of aryl methyl sites for hydroxylation is 1. The number of nitrogens with one attached hydrogen (secondary N) is 1. The van der Waals surface area contributed by atoms with Crippen LogP contribution in [0.2, 0.25) is 0 Å². The molecule has 25 heavy (non-hydrogen) atoms. The van der Waals surface area contributed by atoms with Gasteiger partial charge in [-0.3, -0.25) is 0 Å². The van der Waals surface area contributed by atoms with E-state index in [1.54, 1.807) is 7.11 Å². The van der Waals surface area contributed by atoms with Crippen LogP contribution in [-0.4, -0.2) is 42.9 Å². The summed E-state index contributed by atoms with van der Waals surface area (Å²) in [6, 6.07) is 6.13. The molecule has 1 aliphatic rings. The molecule has 6 nitrogen and oxygen atoms in total. The number of aromatic nitrogens is 2. The average molecular weight is 363 g/mol. The van der Waals surface area contributed by atoms with E-state index < -0.39 is 0 Å². The molecule has 136 valence electrons. The molecule has 1 aromatic carbocycles. The predicted molar refractivity (Wildman–Crippen MR) is 99.0 cm³/mol. The van der Waals surface area contributed by atoms with Crippen molar-refractivity contribution < 1.29 is 14.2 Å². The van der Waals surface area contributed by atoms with Crippen molar-refractivity contribution in [3.63, 3.8) is 0 Å². The van der Waals surface area contributed by atoms with Crippen molar-refractivity contribution in [3.8, 4) is 5.75 Å². The number of benzene rings is 1. The Morgan fingerprint density at radius 3 is 2.96 bits per heavy atom. The molecular formula is C18H25N3O3S. The molecule has 7 heteroatoms. The summed E-state index contributed by atoms with van der Waals surface area (Å²) in [5.74, 6) is 2.30. The minimum atomic E-state index is 0.580. The third kappa shape index (κ3) is 5.39. The highest BCUT2D eigenvalue weighted by molar-refractivity contribution is 7.09. The number of anilines is 2. The summed E-state index contributed by atoms with van der Waals surface area (Å²) >= 11 is 1.36. The Kier molecular flexibility index (Phi) is 6.61. The standard InChI is InChI=1S/C18H25N3O3S/c1-13-3-4-15(19-18-20-17(21-25-18)7-8-22-2)11-16(13)24-12-14-5-9-23-10-6-14/h3-4,11,14H,5-10,12H2,1-2H3,(H,19,20,21). The first kappa shape index (κ1) is 18.1. The van der Waals surface area contributed by atoms with E-state index in [4.69, 9.17) is 14.2 Å². The van der Waals surface area contributed by atoms with Crippen molar-refractivity contribution in [2.45, 2.75) is 26.2 Å². The van der Waals surface area contributed by atoms with E-state index in [-0.39, 0.29) is 0 Å². The largest absolute Gasteiger partial charge is 0.493 e. The first-order valence-electron chi connectivity index (χ1n) is 8.64. The lowest BCUT2D eigenvalue weighted by Crippen LogP contribution is -2.21. The smallest absolute Gasteiger partial charge is 0.207 e. The molecule has 0 aliphatic carbocycles. The Morgan fingerprint density at radius 1 is 1.32 bits per heavy atom. The third-order valence-electron chi connectivity index (χ3n) is 4.25. The van der Waals surface area contributed by atoms with Crippen LogP contribution in [0.15, 0.2) is 18.2 Å². The van der Waals surface area contributed by atoms with Gasteiger partial charge in [-0.05, 0) is 37.3 Å². The van der Waals surface area contributed by atoms with Gasteiger partial charge in [-0.25, -0.2) is 4.98 Å². The van der Waals surface area contributed by atoms with Crippen molar-refractivity contribution in [2.75, 3.05) is 38.9 Å². The number of nitrogens with zero attached hydrogens (tertiary/aromatic N) is 2. The van der Waals surface area contributed by atoms with Crippen molar-refractivity contribution >= 4 is 22.4 Å². The van der Waals surface area contributed by atoms with Crippen LogP contribution in [0.3, 0.4) is 0 Å². The average Bonchev–Trinajstić information content (AvgIpc) is 3.08. The van der Waals surface area contributed by atoms with Crippen molar-refractivity contribution in [1.29, 1.82) is 0 Å². The first-order chi connectivity index (χ1) is 12.2. The monoisotopic (exact) mass is 363 g/mol. The highest BCUT2D eigenvalue weighted by Gasteiger charge is 2.15. The molecule has 0 unspecified atom stereocenters. The molecule has 1 aromatic heterocycles. The van der Waals surface area contributed by atoms with Gasteiger partial charge in [0.25, 0.3) is 0 Å². The predicted octanol–water partition coefficient (Wildman–Crippen LogP) is 3.58. The maximum absolute atomic E-state index is 6.07. The van der Waals surface area contributed by atoms with Crippen LogP contribution in [0.1, 0.15) is 24.2 Å². The van der Waals surface area contributed by atoms with Crippen LogP contribution in [0.5, 0.6) is 5.75 Å². The fourth-order valence-corrected chi connectivity index (χ4v) is 3.31. The van der Waals surface area contributed by atoms with Gasteiger partial charge in [-0.2, -0.15) is 4.37 Å². The van der Waals surface area contributed by atoms with Crippen LogP contribution in [0.25, 0.3) is 0 Å². The molecule has 0 saturated carbocycles. The zero-order valence-corrected chi connectivity index (χ0v) is 15.6. The lowest BCUT2D eigenvalue weighted by Gasteiger charge is -2.22. The number of hydrogen-bond acceptors (Lipinski definition) is 7. The lowest BCUT2D eigenvalue weighted by molar-refractivity contribution is 0.0496. The molecule has 1 fully saturated rings. The van der Waals surface area contributed by atoms with E-state index in [9.17, 15) is 0 Å². The summed E-state index contributed by atoms with van der Waals surface area (Å²) in [7, 11) is 1.68. The van der Waals surface area contributed by atoms with Gasteiger partial charge in [0.1, 0.15) is 11.6 Å². The normalized spacial score (nSPS) is 15.3. The van der Waals surface area contributed by atoms with Gasteiger partial charge >= 0.3 is 0 Å². The second kappa shape index (κ2) is 9.12. The quantitative estimate of drug-likeness (QED) is 0.773. The van der Waals surface area contributed by atoms with Crippen molar-refractivity contribution in [2.24, 2.45) is 5.92 Å². The molecule has 0 amide bonds. The summed E-state index contributed by atoms with van der Waals surface area (Å²) in [4.78, 5) is 4.48. The summed E-state index contributed by atoms with van der Waals surface area (Å²) in [6.45, 7) is 5.13. The summed E-state index contributed by atoms with van der Waals surface area (Å²) < 4.78 is 20.9. The van der Waals surface area contributed by atoms with Crippen LogP contribution in [0, 0.1) is 12.8 Å². The van der Waals surface area contributed by atoms with Crippen LogP contribution in [-0.2, 0) is 15.9 Å². The van der Waals surface area contributed by atoms with E-state index in [0.717, 1.165) is 67.0 Å². The van der Waals surface area contributed by atoms with Gasteiger partial charge in [-0.15, -0.1) is 0 Å². The maximum atomic E-state index is 6.07. The van der Waals surface area contributed by atoms with Crippen LogP contribution >= 0.6 is 11.5 Å². The molecule has 0 atom stereocenters. The SMILES string of the molecule is COCCc1nsc(Nc2ccc(C)c(OCC3CCOCC3)c2)n1. The van der Waals surface area contributed by atoms with E-state index >= 15 is 0 Å². The zero-order chi connectivity index (χ0) is 17.5. The second-order valence-corrected chi connectivity index (χ2v) is 6.98. The summed E-state index contributed by atoms with van der Waals surface area (Å²) in [5.41, 5.74) is 2.10. The molecule has 0 spiro atoms. The summed E-state index contributed by atoms with van der Waals surface area (Å²) in [6.07, 6.45) is 2.88. The van der Waals surface area contributed by atoms with Crippen molar-refractivity contribution in [3.05, 3.63) is 29.6 Å². The Labute approximate surface area is 152 Å². The van der Waals surface area contributed by atoms with E-state index in [1.165, 1.54) is 11.5 Å². The van der Waals surface area contributed by atoms with Gasteiger partial charge in [0.15, 0.2) is 0 Å². The number of hydrogen-bond donors (Lipinski definition) is 1. The molecule has 0 radical (unpaired) electrons. The molecule has 1 saturated heterocycles. The Bertz CT molecular complexity index is 671. The Hall–Kier alpha value is -1.70. The van der Waals surface area contributed by atoms with Gasteiger partial charge in [0.2, 0.25) is 5.13 Å². The lowest BCUT2D eigenvalue weighted by atomic mass is 10.0. The van der Waals surface area contributed by atoms with Crippen LogP contribution in [0.4, 0.5) is 10.8 Å². The maximum Gasteiger partial charge on any atom is 0.207 e. The van der Waals surface area contributed by atoms with Gasteiger partial charge in [0, 0.05) is 50.0 Å². The number of methoxy groups -OCH3 is 1. The van der Waals surface area contributed by atoms with Crippen molar-refractivity contribution in [1.82, 2.24) is 9.36 Å². The second-order valence-electron chi connectivity index (χ2n) is 6.23. The molecule has 1 N–H and O–H groups in total. The third-order valence-corrected chi connectivity index (χ3v) is 4.92. The molecule has 2 aromatic rings. The molecule has 2 heterocycles. The summed E-state index contributed by atoms with van der Waals surface area (Å²) in [5, 5.41) is 4.09. The van der Waals surface area contributed by atoms with E-state index in [1.807, 2.05) is 12.1 Å². The molecule has 3 rings (SSSR count). The fraction of sp³-hybridized carbons (Fsp3) is 0.556. The minimum absolute atomic E-state index is 0.580. The molecular weight excluding hydrogens is 338 g/mol. The van der Waals surface area contributed by atoms with Gasteiger partial charge < -0.3 is 19.5 Å². The van der Waals surface area contributed by atoms with E-state index in [2.05, 4.69) is 27.7 Å². The fourth-order valence-electron chi connectivity index (χ4n) is 2.68. The van der Waals surface area contributed by atoms with Gasteiger partial charge in [0.05, 0.1) is 13.2 Å². The number of rotatable bonds is 8. The highest BCUT2D eigenvalue weighted by Crippen LogP contribution is 2.27. The van der Waals surface area contributed by atoms with Crippen LogP contribution < -0.4 is 10.1 Å². The number of ether oxygens (including phenoxy) is 3. The Morgan fingerprint density at radius 2 is 2.16 bits per heavy atom. The first-order valence-corrected chi connectivity index (χ1v) is 9.41. The minimum Gasteiger partial charge on any atom is -0.493 e. The molecule has 1 aliphatic heterocycles. The zero-order valence-electron chi connectivity index (χ0n) is 14.8. The topological polar surface area (TPSA) is 65.5 Å². The van der Waals surface area contributed by atoms with Gasteiger partial charge in [-0.1, -0.05) is 6.07 Å².